The van der Waals surface area contributed by atoms with Crippen LogP contribution in [0.5, 0.6) is 5.75 Å². The molecule has 108 valence electrons. The molecule has 1 aliphatic rings. The molecule has 0 bridgehead atoms. The van der Waals surface area contributed by atoms with E-state index in [1.807, 2.05) is 30.3 Å². The first kappa shape index (κ1) is 14.7. The molecule has 4 heteroatoms. The van der Waals surface area contributed by atoms with Crippen molar-refractivity contribution in [1.29, 1.82) is 5.26 Å². The maximum absolute atomic E-state index is 8.47. The van der Waals surface area contributed by atoms with Crippen molar-refractivity contribution in [3.63, 3.8) is 0 Å². The number of nitriles is 1. The first-order chi connectivity index (χ1) is 9.81. The number of hydrogen-bond donors (Lipinski definition) is 1. The summed E-state index contributed by atoms with van der Waals surface area (Å²) in [7, 11) is 0. The fraction of sp³-hybridized carbons (Fsp3) is 0.562. The number of nitrogens with one attached hydrogen (secondary N) is 1. The van der Waals surface area contributed by atoms with Crippen LogP contribution in [0.25, 0.3) is 0 Å². The van der Waals surface area contributed by atoms with E-state index < -0.39 is 0 Å². The highest BCUT2D eigenvalue weighted by Gasteiger charge is 2.21. The highest BCUT2D eigenvalue weighted by atomic mass is 16.5. The van der Waals surface area contributed by atoms with E-state index in [0.29, 0.717) is 12.1 Å². The summed E-state index contributed by atoms with van der Waals surface area (Å²) in [4.78, 5) is 0. The molecule has 2 unspecified atom stereocenters. The minimum atomic E-state index is 0.0887. The van der Waals surface area contributed by atoms with Gasteiger partial charge in [0.2, 0.25) is 0 Å². The number of ether oxygens (including phenoxy) is 2. The van der Waals surface area contributed by atoms with Crippen molar-refractivity contribution < 1.29 is 9.47 Å². The summed E-state index contributed by atoms with van der Waals surface area (Å²) >= 11 is 0. The molecule has 4 nitrogen and oxygen atoms in total. The summed E-state index contributed by atoms with van der Waals surface area (Å²) < 4.78 is 11.0. The van der Waals surface area contributed by atoms with E-state index in [-0.39, 0.29) is 6.61 Å². The molecule has 1 N–H and O–H groups in total. The van der Waals surface area contributed by atoms with E-state index in [1.165, 1.54) is 6.42 Å². The molecule has 0 spiro atoms. The van der Waals surface area contributed by atoms with Crippen molar-refractivity contribution in [2.24, 2.45) is 0 Å². The predicted octanol–water partition coefficient (Wildman–Crippen LogP) is 3.35. The second-order valence-electron chi connectivity index (χ2n) is 5.12. The van der Waals surface area contributed by atoms with Gasteiger partial charge >= 0.3 is 0 Å². The molecular weight excluding hydrogens is 252 g/mol. The van der Waals surface area contributed by atoms with Gasteiger partial charge in [-0.2, -0.15) is 5.26 Å². The molecule has 0 saturated carbocycles. The normalized spacial score (nSPS) is 22.0. The van der Waals surface area contributed by atoms with E-state index in [9.17, 15) is 0 Å². The number of anilines is 1. The topological polar surface area (TPSA) is 54.3 Å². The molecule has 1 saturated heterocycles. The minimum Gasteiger partial charge on any atom is -0.479 e. The second kappa shape index (κ2) is 7.76. The molecular formula is C16H22N2O2. The van der Waals surface area contributed by atoms with Crippen LogP contribution in [0.3, 0.4) is 0 Å². The zero-order valence-electron chi connectivity index (χ0n) is 12.0. The molecule has 1 heterocycles. The number of benzene rings is 1. The SMILES string of the molecule is CCCC1CC(Nc2ccc(OCC#N)cc2)CCO1. The lowest BCUT2D eigenvalue weighted by molar-refractivity contribution is 0.00598. The fourth-order valence-electron chi connectivity index (χ4n) is 2.53. The Kier molecular flexibility index (Phi) is 5.69. The van der Waals surface area contributed by atoms with Crippen LogP contribution in [0.15, 0.2) is 24.3 Å². The number of hydrogen-bond acceptors (Lipinski definition) is 4. The third kappa shape index (κ3) is 4.43. The van der Waals surface area contributed by atoms with Gasteiger partial charge in [0.05, 0.1) is 6.10 Å². The summed E-state index contributed by atoms with van der Waals surface area (Å²) in [5.41, 5.74) is 1.09. The third-order valence-corrected chi connectivity index (χ3v) is 3.51. The Hall–Kier alpha value is -1.73. The number of nitrogens with zero attached hydrogens (tertiary/aromatic N) is 1. The average Bonchev–Trinajstić information content (AvgIpc) is 2.47. The summed E-state index contributed by atoms with van der Waals surface area (Å²) in [6, 6.07) is 10.2. The smallest absolute Gasteiger partial charge is 0.174 e. The van der Waals surface area contributed by atoms with Crippen LogP contribution in [-0.2, 0) is 4.74 Å². The summed E-state index contributed by atoms with van der Waals surface area (Å²) in [6.45, 7) is 3.12. The zero-order valence-corrected chi connectivity index (χ0v) is 12.0. The van der Waals surface area contributed by atoms with E-state index in [1.54, 1.807) is 0 Å². The van der Waals surface area contributed by atoms with Crippen molar-refractivity contribution in [2.75, 3.05) is 18.5 Å². The first-order valence-electron chi connectivity index (χ1n) is 7.29. The molecule has 1 aromatic carbocycles. The predicted molar refractivity (Wildman–Crippen MR) is 78.8 cm³/mol. The van der Waals surface area contributed by atoms with E-state index in [0.717, 1.165) is 37.3 Å². The molecule has 0 radical (unpaired) electrons. The molecule has 2 atom stereocenters. The van der Waals surface area contributed by atoms with Crippen molar-refractivity contribution >= 4 is 5.69 Å². The maximum Gasteiger partial charge on any atom is 0.174 e. The minimum absolute atomic E-state index is 0.0887. The van der Waals surface area contributed by atoms with Gasteiger partial charge in [0.15, 0.2) is 6.61 Å². The van der Waals surface area contributed by atoms with Gasteiger partial charge in [-0.15, -0.1) is 0 Å². The van der Waals surface area contributed by atoms with Gasteiger partial charge < -0.3 is 14.8 Å². The standard InChI is InChI=1S/C16H22N2O2/c1-2-3-16-12-14(8-10-19-16)18-13-4-6-15(7-5-13)20-11-9-17/h4-7,14,16,18H,2-3,8,10-12H2,1H3. The summed E-state index contributed by atoms with van der Waals surface area (Å²) in [5.74, 6) is 0.730. The molecule has 20 heavy (non-hydrogen) atoms. The van der Waals surface area contributed by atoms with Crippen molar-refractivity contribution in [2.45, 2.75) is 44.8 Å². The monoisotopic (exact) mass is 274 g/mol. The van der Waals surface area contributed by atoms with Gasteiger partial charge in [-0.3, -0.25) is 0 Å². The number of rotatable bonds is 6. The Morgan fingerprint density at radius 2 is 2.20 bits per heavy atom. The molecule has 1 aromatic rings. The van der Waals surface area contributed by atoms with Gasteiger partial charge in [-0.25, -0.2) is 0 Å². The Balaban J connectivity index is 1.84. The Labute approximate surface area is 120 Å². The Morgan fingerprint density at radius 3 is 2.90 bits per heavy atom. The first-order valence-corrected chi connectivity index (χ1v) is 7.29. The molecule has 0 amide bonds. The molecule has 1 aliphatic heterocycles. The van der Waals surface area contributed by atoms with Crippen LogP contribution >= 0.6 is 0 Å². The van der Waals surface area contributed by atoms with E-state index in [4.69, 9.17) is 14.7 Å². The lowest BCUT2D eigenvalue weighted by atomic mass is 10.00. The van der Waals surface area contributed by atoms with Gasteiger partial charge in [-0.05, 0) is 43.5 Å². The molecule has 0 aromatic heterocycles. The highest BCUT2D eigenvalue weighted by Crippen LogP contribution is 2.22. The second-order valence-corrected chi connectivity index (χ2v) is 5.12. The van der Waals surface area contributed by atoms with Gasteiger partial charge in [0.1, 0.15) is 11.8 Å². The van der Waals surface area contributed by atoms with Crippen molar-refractivity contribution in [3.05, 3.63) is 24.3 Å². The van der Waals surface area contributed by atoms with Crippen LogP contribution < -0.4 is 10.1 Å². The van der Waals surface area contributed by atoms with Crippen LogP contribution in [0.1, 0.15) is 32.6 Å². The van der Waals surface area contributed by atoms with Crippen molar-refractivity contribution in [3.8, 4) is 11.8 Å². The average molecular weight is 274 g/mol. The fourth-order valence-corrected chi connectivity index (χ4v) is 2.53. The molecule has 0 aliphatic carbocycles. The lowest BCUT2D eigenvalue weighted by Gasteiger charge is -2.30. The maximum atomic E-state index is 8.47. The Bertz CT molecular complexity index is 437. The quantitative estimate of drug-likeness (QED) is 0.864. The van der Waals surface area contributed by atoms with Crippen molar-refractivity contribution in [1.82, 2.24) is 0 Å². The van der Waals surface area contributed by atoms with E-state index in [2.05, 4.69) is 12.2 Å². The zero-order chi connectivity index (χ0) is 14.2. The highest BCUT2D eigenvalue weighted by molar-refractivity contribution is 5.47. The van der Waals surface area contributed by atoms with Gasteiger partial charge in [0, 0.05) is 18.3 Å². The molecule has 2 rings (SSSR count). The Morgan fingerprint density at radius 1 is 1.40 bits per heavy atom. The van der Waals surface area contributed by atoms with Gasteiger partial charge in [-0.1, -0.05) is 13.3 Å². The van der Waals surface area contributed by atoms with Crippen LogP contribution in [0, 0.1) is 11.3 Å². The van der Waals surface area contributed by atoms with Gasteiger partial charge in [0.25, 0.3) is 0 Å². The largest absolute Gasteiger partial charge is 0.479 e. The van der Waals surface area contributed by atoms with E-state index >= 15 is 0 Å². The summed E-state index contributed by atoms with van der Waals surface area (Å²) in [5, 5.41) is 12.0. The third-order valence-electron chi connectivity index (χ3n) is 3.51. The lowest BCUT2D eigenvalue weighted by Crippen LogP contribution is -2.33. The summed E-state index contributed by atoms with van der Waals surface area (Å²) in [6.07, 6.45) is 4.82. The van der Waals surface area contributed by atoms with Crippen LogP contribution in [-0.4, -0.2) is 25.4 Å². The van der Waals surface area contributed by atoms with Crippen LogP contribution in [0.4, 0.5) is 5.69 Å². The van der Waals surface area contributed by atoms with Crippen LogP contribution in [0.2, 0.25) is 0 Å². The molecule has 1 fully saturated rings.